The fraction of sp³-hybridized carbons (Fsp3) is 0.673. The van der Waals surface area contributed by atoms with Gasteiger partial charge in [0, 0.05) is 62.9 Å². The molecule has 2 saturated heterocycles. The predicted molar refractivity (Wildman–Crippen MR) is 292 cm³/mol. The molecule has 3 aliphatic heterocycles. The average molecular weight is 1140 g/mol. The number of amides is 1. The number of aliphatic carboxylic acids is 1. The van der Waals surface area contributed by atoms with Gasteiger partial charge in [-0.15, -0.1) is 0 Å². The van der Waals surface area contributed by atoms with E-state index < -0.39 is 141 Å². The zero-order valence-corrected chi connectivity index (χ0v) is 46.7. The quantitative estimate of drug-likeness (QED) is 0.0803. The Hall–Kier alpha value is -3.76. The number of Topliss-reactive ketones (excluding diaryl/α,β-unsaturated/α-hetero) is 1. The molecule has 0 radical (unpaired) electrons. The zero-order chi connectivity index (χ0) is 58.0. The number of hydrogen-bond acceptors (Lipinski definition) is 21. The molecule has 442 valence electrons. The molecule has 21 nitrogen and oxygen atoms in total. The molecule has 5 unspecified atom stereocenters. The molecule has 3 aliphatic rings. The number of carbonyl (C=O) groups is 4. The molecule has 3 rings (SSSR count). The Labute approximate surface area is 465 Å². The van der Waals surface area contributed by atoms with E-state index in [1.54, 1.807) is 48.6 Å². The van der Waals surface area contributed by atoms with Crippen molar-refractivity contribution in [2.45, 2.75) is 184 Å². The SMILES string of the molecule is CC(=O)OCCSSCCOC(=O)NC1C(O)C(C)OC(O[C@H]2C=C/C=C/C=C/C=C/C=C/C=C/C=C/[C@H](C)[C@@H](O)[C@@H](C)[C@H](C)CC(=O)C[C@H](O)C[C@H](O)CC[C@@H](O)[C@H](O)C[C@H](O)C[C@]3(O)C[C@H](O)[C@@H](C(=O)O)[C@H](C2)O3)C1O. The number of allylic oxidation sites excluding steroid dienone is 12. The normalized spacial score (nSPS) is 39.3. The molecule has 0 spiro atoms. The topological polar surface area (TPSA) is 349 Å². The maximum absolute atomic E-state index is 12.9. The fourth-order valence-electron chi connectivity index (χ4n) is 9.19. The lowest BCUT2D eigenvalue weighted by Gasteiger charge is -2.45. The number of ketones is 1. The molecule has 1 amide bonds. The number of aliphatic hydroxyl groups excluding tert-OH is 9. The standard InChI is InChI=1S/C55H85NO20S2/c1-33-18-16-14-12-10-8-6-7-9-11-13-15-17-19-42(75-53-51(67)48(50(66)36(4)74-53)56-54(70)73-23-25-78-77-24-22-72-37(5)57)30-46-47(52(68)69)45(64)32-55(71,76-46)31-41(61)29-44(63)43(62)21-20-38(58)27-40(60)28-39(59)26-34(2)35(3)49(33)65/h6-19,33-36,38,40-51,53,58,60-67,71H,20-32H2,1-5H3,(H,56,70)(H,68,69)/b7-6+,10-8+,11-9+,14-12+,15-13+,18-16+,19-17?/t33-,34+,35-,36?,38+,40+,41-,42-,43+,44+,45-,46-,47+,48?,49+,50?,51?,53?,55+/m0/s1. The van der Waals surface area contributed by atoms with Gasteiger partial charge in [-0.25, -0.2) is 4.79 Å². The van der Waals surface area contributed by atoms with E-state index in [-0.39, 0.29) is 68.9 Å². The second-order valence-electron chi connectivity index (χ2n) is 20.3. The molecule has 0 aliphatic carbocycles. The van der Waals surface area contributed by atoms with Gasteiger partial charge in [0.2, 0.25) is 0 Å². The first-order chi connectivity index (χ1) is 36.9. The van der Waals surface area contributed by atoms with Crippen molar-refractivity contribution >= 4 is 45.4 Å². The molecule has 0 aromatic rings. The Kier molecular flexibility index (Phi) is 31.5. The van der Waals surface area contributed by atoms with Crippen LogP contribution in [0.4, 0.5) is 4.79 Å². The van der Waals surface area contributed by atoms with Gasteiger partial charge in [0.15, 0.2) is 12.1 Å². The van der Waals surface area contributed by atoms with Crippen LogP contribution in [-0.4, -0.2) is 196 Å². The van der Waals surface area contributed by atoms with E-state index in [0.29, 0.717) is 11.5 Å². The third-order valence-corrected chi connectivity index (χ3v) is 16.0. The number of ether oxygens (including phenoxy) is 5. The van der Waals surface area contributed by atoms with Crippen LogP contribution in [0, 0.1) is 23.7 Å². The molecule has 12 N–H and O–H groups in total. The van der Waals surface area contributed by atoms with Gasteiger partial charge in [-0.05, 0) is 38.0 Å². The predicted octanol–water partition coefficient (Wildman–Crippen LogP) is 3.09. The molecular formula is C55H85NO20S2. The maximum Gasteiger partial charge on any atom is 0.407 e. The van der Waals surface area contributed by atoms with Crippen molar-refractivity contribution in [2.75, 3.05) is 24.7 Å². The summed E-state index contributed by atoms with van der Waals surface area (Å²) in [5.74, 6) is -5.99. The summed E-state index contributed by atoms with van der Waals surface area (Å²) in [5, 5.41) is 123. The Bertz CT molecular complexity index is 2040. The van der Waals surface area contributed by atoms with Crippen LogP contribution in [0.5, 0.6) is 0 Å². The Morgan fingerprint density at radius 1 is 0.667 bits per heavy atom. The number of rotatable bonds is 11. The summed E-state index contributed by atoms with van der Waals surface area (Å²) < 4.78 is 28.2. The van der Waals surface area contributed by atoms with Gasteiger partial charge in [-0.3, -0.25) is 14.4 Å². The van der Waals surface area contributed by atoms with Crippen molar-refractivity contribution in [3.8, 4) is 0 Å². The van der Waals surface area contributed by atoms with Crippen LogP contribution >= 0.6 is 21.6 Å². The van der Waals surface area contributed by atoms with E-state index >= 15 is 0 Å². The number of nitrogens with one attached hydrogen (secondary N) is 1. The number of carboxylic acids is 1. The number of hydrogen-bond donors (Lipinski definition) is 12. The van der Waals surface area contributed by atoms with Crippen molar-refractivity contribution in [1.82, 2.24) is 5.32 Å². The Morgan fingerprint density at radius 3 is 1.83 bits per heavy atom. The van der Waals surface area contributed by atoms with Crippen LogP contribution < -0.4 is 5.32 Å². The van der Waals surface area contributed by atoms with Crippen LogP contribution in [0.3, 0.4) is 0 Å². The molecule has 2 fully saturated rings. The van der Waals surface area contributed by atoms with Gasteiger partial charge in [0.25, 0.3) is 0 Å². The highest BCUT2D eigenvalue weighted by Crippen LogP contribution is 2.38. The number of carbonyl (C=O) groups excluding carboxylic acids is 3. The molecule has 23 heteroatoms. The molecule has 3 heterocycles. The monoisotopic (exact) mass is 1140 g/mol. The van der Waals surface area contributed by atoms with Crippen LogP contribution in [0.1, 0.15) is 92.4 Å². The minimum atomic E-state index is -2.39. The Morgan fingerprint density at radius 2 is 1.24 bits per heavy atom. The average Bonchev–Trinajstić information content (AvgIpc) is 3.40. The van der Waals surface area contributed by atoms with E-state index in [0.717, 1.165) is 0 Å². The lowest BCUT2D eigenvalue weighted by Crippen LogP contribution is -2.64. The second-order valence-corrected chi connectivity index (χ2v) is 23.0. The van der Waals surface area contributed by atoms with E-state index in [2.05, 4.69) is 5.32 Å². The number of aliphatic hydroxyl groups is 10. The van der Waals surface area contributed by atoms with Crippen molar-refractivity contribution in [1.29, 1.82) is 0 Å². The fourth-order valence-corrected chi connectivity index (χ4v) is 10.8. The summed E-state index contributed by atoms with van der Waals surface area (Å²) in [6.45, 7) is 8.54. The lowest BCUT2D eigenvalue weighted by atomic mass is 9.81. The van der Waals surface area contributed by atoms with Crippen molar-refractivity contribution in [3.05, 3.63) is 85.1 Å². The van der Waals surface area contributed by atoms with Crippen LogP contribution in [-0.2, 0) is 38.1 Å². The maximum atomic E-state index is 12.9. The molecule has 0 aromatic carbocycles. The molecule has 78 heavy (non-hydrogen) atoms. The second kappa shape index (κ2) is 35.9. The summed E-state index contributed by atoms with van der Waals surface area (Å²) in [6.07, 6.45) is 2.28. The number of fused-ring (bicyclic) bond motifs is 2. The van der Waals surface area contributed by atoms with Crippen LogP contribution in [0.2, 0.25) is 0 Å². The highest BCUT2D eigenvalue weighted by atomic mass is 33.1. The third kappa shape index (κ3) is 25.4. The summed E-state index contributed by atoms with van der Waals surface area (Å²) in [7, 11) is 2.77. The first-order valence-corrected chi connectivity index (χ1v) is 29.0. The van der Waals surface area contributed by atoms with Gasteiger partial charge in [0.05, 0.1) is 67.1 Å². The highest BCUT2D eigenvalue weighted by Gasteiger charge is 2.51. The van der Waals surface area contributed by atoms with Gasteiger partial charge in [0.1, 0.15) is 37.1 Å². The van der Waals surface area contributed by atoms with E-state index in [9.17, 15) is 75.3 Å². The smallest absolute Gasteiger partial charge is 0.407 e. The number of alkyl carbamates (subject to hydrolysis) is 1. The largest absolute Gasteiger partial charge is 0.481 e. The lowest BCUT2D eigenvalue weighted by molar-refractivity contribution is -0.309. The van der Waals surface area contributed by atoms with Crippen LogP contribution in [0.15, 0.2) is 85.1 Å². The summed E-state index contributed by atoms with van der Waals surface area (Å²) >= 11 is 0. The minimum Gasteiger partial charge on any atom is -0.481 e. The van der Waals surface area contributed by atoms with Crippen molar-refractivity contribution in [2.24, 2.45) is 23.7 Å². The van der Waals surface area contributed by atoms with Gasteiger partial charge >= 0.3 is 18.0 Å². The summed E-state index contributed by atoms with van der Waals surface area (Å²) in [6, 6.07) is -1.39. The molecular weight excluding hydrogens is 1060 g/mol. The number of esters is 1. The number of carboxylic acid groups (broad SMARTS) is 1. The summed E-state index contributed by atoms with van der Waals surface area (Å²) in [5.41, 5.74) is 0. The van der Waals surface area contributed by atoms with Crippen molar-refractivity contribution < 1.29 is 99.0 Å². The van der Waals surface area contributed by atoms with Crippen LogP contribution in [0.25, 0.3) is 0 Å². The van der Waals surface area contributed by atoms with Gasteiger partial charge < -0.3 is 85.2 Å². The Balaban J connectivity index is 1.87. The van der Waals surface area contributed by atoms with E-state index in [1.807, 2.05) is 51.2 Å². The summed E-state index contributed by atoms with van der Waals surface area (Å²) in [4.78, 5) is 49.4. The van der Waals surface area contributed by atoms with Gasteiger partial charge in [-0.1, -0.05) is 127 Å². The third-order valence-electron chi connectivity index (χ3n) is 13.7. The van der Waals surface area contributed by atoms with E-state index in [1.165, 1.54) is 41.5 Å². The molecule has 2 bridgehead atoms. The minimum absolute atomic E-state index is 0.0421. The molecule has 0 saturated carbocycles. The van der Waals surface area contributed by atoms with Gasteiger partial charge in [-0.2, -0.15) is 0 Å². The molecule has 19 atom stereocenters. The molecule has 0 aromatic heterocycles. The first kappa shape index (κ1) is 68.5. The van der Waals surface area contributed by atoms with E-state index in [4.69, 9.17) is 23.7 Å². The highest BCUT2D eigenvalue weighted by molar-refractivity contribution is 8.76. The zero-order valence-electron chi connectivity index (χ0n) is 45.1. The van der Waals surface area contributed by atoms with Crippen molar-refractivity contribution in [3.63, 3.8) is 0 Å². The first-order valence-electron chi connectivity index (χ1n) is 26.5.